The van der Waals surface area contributed by atoms with Crippen LogP contribution in [-0.2, 0) is 4.79 Å². The van der Waals surface area contributed by atoms with Gasteiger partial charge in [-0.3, -0.25) is 4.79 Å². The first-order chi connectivity index (χ1) is 9.26. The van der Waals surface area contributed by atoms with Crippen LogP contribution in [-0.4, -0.2) is 23.5 Å². The van der Waals surface area contributed by atoms with Crippen LogP contribution in [0.3, 0.4) is 0 Å². The van der Waals surface area contributed by atoms with E-state index in [2.05, 4.69) is 27.9 Å². The second-order valence-electron chi connectivity index (χ2n) is 5.65. The van der Waals surface area contributed by atoms with Gasteiger partial charge in [0.1, 0.15) is 0 Å². The van der Waals surface area contributed by atoms with E-state index in [1.54, 1.807) is 11.3 Å². The number of carbonyl (C=O) groups is 1. The molecule has 1 aliphatic heterocycles. The van der Waals surface area contributed by atoms with E-state index in [1.807, 2.05) is 0 Å². The lowest BCUT2D eigenvalue weighted by Gasteiger charge is -2.28. The minimum Gasteiger partial charge on any atom is -0.306 e. The number of nitrogens with one attached hydrogen (secondary N) is 2. The summed E-state index contributed by atoms with van der Waals surface area (Å²) in [7, 11) is 0. The number of thiazole rings is 1. The zero-order chi connectivity index (χ0) is 13.2. The van der Waals surface area contributed by atoms with Gasteiger partial charge in [0, 0.05) is 11.3 Å². The number of carbonyl (C=O) groups excluding carboxylic acids is 1. The Morgan fingerprint density at radius 2 is 2.37 bits per heavy atom. The van der Waals surface area contributed by atoms with Gasteiger partial charge in [-0.05, 0) is 38.1 Å². The van der Waals surface area contributed by atoms with E-state index in [9.17, 15) is 4.79 Å². The number of hydrogen-bond donors (Lipinski definition) is 2. The van der Waals surface area contributed by atoms with Gasteiger partial charge in [-0.15, -0.1) is 11.3 Å². The lowest BCUT2D eigenvalue weighted by molar-refractivity contribution is -0.119. The highest BCUT2D eigenvalue weighted by Gasteiger charge is 2.28. The summed E-state index contributed by atoms with van der Waals surface area (Å²) in [6, 6.07) is -0.0491. The fourth-order valence-electron chi connectivity index (χ4n) is 2.67. The molecule has 3 rings (SSSR count). The van der Waals surface area contributed by atoms with E-state index in [4.69, 9.17) is 0 Å². The van der Waals surface area contributed by atoms with Crippen molar-refractivity contribution in [2.24, 2.45) is 5.92 Å². The van der Waals surface area contributed by atoms with Crippen molar-refractivity contribution < 1.29 is 4.79 Å². The molecule has 2 fully saturated rings. The number of anilines is 1. The molecule has 1 aromatic rings. The molecular weight excluding hydrogens is 258 g/mol. The first-order valence-corrected chi connectivity index (χ1v) is 8.14. The third-order valence-electron chi connectivity index (χ3n) is 4.15. The van der Waals surface area contributed by atoms with Crippen LogP contribution in [0.2, 0.25) is 0 Å². The molecule has 1 amide bonds. The van der Waals surface area contributed by atoms with Crippen LogP contribution in [0.1, 0.15) is 50.6 Å². The molecule has 1 aliphatic carbocycles. The Bertz CT molecular complexity index is 455. The molecule has 0 spiro atoms. The minimum atomic E-state index is -0.0491. The molecule has 2 heterocycles. The van der Waals surface area contributed by atoms with Gasteiger partial charge < -0.3 is 10.6 Å². The lowest BCUT2D eigenvalue weighted by atomic mass is 9.90. The van der Waals surface area contributed by atoms with Gasteiger partial charge in [0.2, 0.25) is 5.91 Å². The van der Waals surface area contributed by atoms with Gasteiger partial charge in [0.05, 0.1) is 11.7 Å². The predicted octanol–water partition coefficient (Wildman–Crippen LogP) is 2.74. The summed E-state index contributed by atoms with van der Waals surface area (Å²) in [5.74, 6) is 1.41. The molecule has 1 saturated carbocycles. The third kappa shape index (κ3) is 3.15. The summed E-state index contributed by atoms with van der Waals surface area (Å²) in [6.07, 6.45) is 5.79. The Morgan fingerprint density at radius 1 is 1.53 bits per heavy atom. The molecule has 1 saturated heterocycles. The number of nitrogens with zero attached hydrogens (tertiary/aromatic N) is 1. The lowest BCUT2D eigenvalue weighted by Crippen LogP contribution is -2.46. The van der Waals surface area contributed by atoms with Gasteiger partial charge >= 0.3 is 0 Å². The molecule has 2 atom stereocenters. The van der Waals surface area contributed by atoms with E-state index in [0.717, 1.165) is 30.2 Å². The maximum atomic E-state index is 12.2. The SMILES string of the molecule is CCC1CCNC(C(=O)Nc2nc(C3CC3)cs2)C1. The normalized spacial score (nSPS) is 27.2. The summed E-state index contributed by atoms with van der Waals surface area (Å²) in [5, 5.41) is 9.11. The highest BCUT2D eigenvalue weighted by Crippen LogP contribution is 2.40. The fourth-order valence-corrected chi connectivity index (χ4v) is 3.46. The Morgan fingerprint density at radius 3 is 3.11 bits per heavy atom. The van der Waals surface area contributed by atoms with Crippen molar-refractivity contribution in [3.63, 3.8) is 0 Å². The van der Waals surface area contributed by atoms with E-state index in [1.165, 1.54) is 19.3 Å². The zero-order valence-corrected chi connectivity index (χ0v) is 12.1. The molecule has 2 unspecified atom stereocenters. The summed E-state index contributed by atoms with van der Waals surface area (Å²) >= 11 is 1.55. The van der Waals surface area contributed by atoms with Crippen LogP contribution >= 0.6 is 11.3 Å². The Labute approximate surface area is 118 Å². The maximum absolute atomic E-state index is 12.2. The van der Waals surface area contributed by atoms with Gasteiger partial charge in [0.15, 0.2) is 5.13 Å². The van der Waals surface area contributed by atoms with E-state index >= 15 is 0 Å². The first-order valence-electron chi connectivity index (χ1n) is 7.26. The van der Waals surface area contributed by atoms with Crippen molar-refractivity contribution in [1.29, 1.82) is 0 Å². The summed E-state index contributed by atoms with van der Waals surface area (Å²) in [5.41, 5.74) is 1.16. The Kier molecular flexibility index (Phi) is 3.84. The van der Waals surface area contributed by atoms with Gasteiger partial charge in [-0.25, -0.2) is 4.98 Å². The number of aromatic nitrogens is 1. The number of piperidine rings is 1. The Balaban J connectivity index is 1.57. The standard InChI is InChI=1S/C14H21N3OS/c1-2-9-5-6-15-11(7-9)13(18)17-14-16-12(8-19-14)10-3-4-10/h8-11,15H,2-7H2,1H3,(H,16,17,18). The molecule has 2 N–H and O–H groups in total. The number of hydrogen-bond acceptors (Lipinski definition) is 4. The highest BCUT2D eigenvalue weighted by atomic mass is 32.1. The summed E-state index contributed by atoms with van der Waals surface area (Å²) in [4.78, 5) is 16.7. The van der Waals surface area contributed by atoms with Gasteiger partial charge in [-0.2, -0.15) is 0 Å². The second-order valence-corrected chi connectivity index (χ2v) is 6.50. The van der Waals surface area contributed by atoms with Crippen LogP contribution < -0.4 is 10.6 Å². The topological polar surface area (TPSA) is 54.0 Å². The minimum absolute atomic E-state index is 0.0491. The van der Waals surface area contributed by atoms with Crippen molar-refractivity contribution in [3.8, 4) is 0 Å². The number of amides is 1. The maximum Gasteiger partial charge on any atom is 0.243 e. The molecule has 1 aromatic heterocycles. The van der Waals surface area contributed by atoms with E-state index in [-0.39, 0.29) is 11.9 Å². The van der Waals surface area contributed by atoms with Crippen molar-refractivity contribution in [2.45, 2.75) is 51.0 Å². The zero-order valence-electron chi connectivity index (χ0n) is 11.3. The highest BCUT2D eigenvalue weighted by molar-refractivity contribution is 7.13. The van der Waals surface area contributed by atoms with Crippen LogP contribution in [0, 0.1) is 5.92 Å². The average molecular weight is 279 g/mol. The molecule has 2 aliphatic rings. The summed E-state index contributed by atoms with van der Waals surface area (Å²) < 4.78 is 0. The van der Waals surface area contributed by atoms with E-state index < -0.39 is 0 Å². The molecule has 0 radical (unpaired) electrons. The first kappa shape index (κ1) is 13.1. The smallest absolute Gasteiger partial charge is 0.243 e. The van der Waals surface area contributed by atoms with Gasteiger partial charge in [0.25, 0.3) is 0 Å². The largest absolute Gasteiger partial charge is 0.306 e. The van der Waals surface area contributed by atoms with E-state index in [0.29, 0.717) is 11.8 Å². The van der Waals surface area contributed by atoms with Crippen molar-refractivity contribution >= 4 is 22.4 Å². The molecular formula is C14H21N3OS. The quantitative estimate of drug-likeness (QED) is 0.891. The molecule has 4 nitrogen and oxygen atoms in total. The van der Waals surface area contributed by atoms with Crippen molar-refractivity contribution in [2.75, 3.05) is 11.9 Å². The van der Waals surface area contributed by atoms with Crippen LogP contribution in [0.15, 0.2) is 5.38 Å². The average Bonchev–Trinajstić information content (AvgIpc) is 3.19. The second kappa shape index (κ2) is 5.59. The third-order valence-corrected chi connectivity index (χ3v) is 4.93. The van der Waals surface area contributed by atoms with Crippen LogP contribution in [0.25, 0.3) is 0 Å². The molecule has 5 heteroatoms. The monoisotopic (exact) mass is 279 g/mol. The molecule has 0 aromatic carbocycles. The predicted molar refractivity (Wildman–Crippen MR) is 77.5 cm³/mol. The van der Waals surface area contributed by atoms with Gasteiger partial charge in [-0.1, -0.05) is 13.3 Å². The molecule has 19 heavy (non-hydrogen) atoms. The van der Waals surface area contributed by atoms with Crippen LogP contribution in [0.4, 0.5) is 5.13 Å². The number of rotatable bonds is 4. The molecule has 104 valence electrons. The molecule has 0 bridgehead atoms. The van der Waals surface area contributed by atoms with Crippen molar-refractivity contribution in [1.82, 2.24) is 10.3 Å². The van der Waals surface area contributed by atoms with Crippen LogP contribution in [0.5, 0.6) is 0 Å². The Hall–Kier alpha value is -0.940. The fraction of sp³-hybridized carbons (Fsp3) is 0.714. The van der Waals surface area contributed by atoms with Crippen molar-refractivity contribution in [3.05, 3.63) is 11.1 Å². The summed E-state index contributed by atoms with van der Waals surface area (Å²) in [6.45, 7) is 3.15.